The molecule has 1 unspecified atom stereocenters. The minimum atomic E-state index is -0.512. The molecule has 0 aliphatic heterocycles. The zero-order valence-corrected chi connectivity index (χ0v) is 9.23. The van der Waals surface area contributed by atoms with E-state index in [1.807, 2.05) is 36.9 Å². The summed E-state index contributed by atoms with van der Waals surface area (Å²) in [7, 11) is 1.89. The topological polar surface area (TPSA) is 54.3 Å². The Morgan fingerprint density at radius 2 is 2.40 bits per heavy atom. The fourth-order valence-electron chi connectivity index (χ4n) is 1.44. The SMILES string of the molecule is CCC(=O)NCCC(O)c1cccn1C. The lowest BCUT2D eigenvalue weighted by molar-refractivity contribution is -0.120. The maximum atomic E-state index is 10.9. The van der Waals surface area contributed by atoms with E-state index in [4.69, 9.17) is 0 Å². The van der Waals surface area contributed by atoms with E-state index < -0.39 is 6.10 Å². The average Bonchev–Trinajstić information content (AvgIpc) is 2.64. The molecule has 0 aliphatic carbocycles. The van der Waals surface area contributed by atoms with Crippen molar-refractivity contribution in [1.82, 2.24) is 9.88 Å². The van der Waals surface area contributed by atoms with Gasteiger partial charge in [0, 0.05) is 31.9 Å². The number of carbonyl (C=O) groups excluding carboxylic acids is 1. The van der Waals surface area contributed by atoms with E-state index in [2.05, 4.69) is 5.32 Å². The number of carbonyl (C=O) groups is 1. The molecule has 0 aliphatic rings. The van der Waals surface area contributed by atoms with Crippen LogP contribution < -0.4 is 5.32 Å². The number of aliphatic hydroxyl groups excluding tert-OH is 1. The molecule has 1 atom stereocenters. The first kappa shape index (κ1) is 11.8. The Morgan fingerprint density at radius 1 is 1.67 bits per heavy atom. The van der Waals surface area contributed by atoms with Crippen molar-refractivity contribution in [2.24, 2.45) is 7.05 Å². The number of hydrogen-bond donors (Lipinski definition) is 2. The monoisotopic (exact) mass is 210 g/mol. The van der Waals surface area contributed by atoms with Crippen LogP contribution in [0, 0.1) is 0 Å². The third-order valence-electron chi connectivity index (χ3n) is 2.39. The summed E-state index contributed by atoms with van der Waals surface area (Å²) in [6.45, 7) is 2.32. The van der Waals surface area contributed by atoms with Gasteiger partial charge in [0.05, 0.1) is 6.10 Å². The number of rotatable bonds is 5. The van der Waals surface area contributed by atoms with Gasteiger partial charge in [-0.2, -0.15) is 0 Å². The van der Waals surface area contributed by atoms with Crippen molar-refractivity contribution < 1.29 is 9.90 Å². The quantitative estimate of drug-likeness (QED) is 0.761. The summed E-state index contributed by atoms with van der Waals surface area (Å²) < 4.78 is 1.88. The highest BCUT2D eigenvalue weighted by molar-refractivity contribution is 5.75. The Balaban J connectivity index is 2.34. The lowest BCUT2D eigenvalue weighted by atomic mass is 10.2. The number of nitrogens with zero attached hydrogens (tertiary/aromatic N) is 1. The number of amides is 1. The first-order valence-electron chi connectivity index (χ1n) is 5.21. The predicted octanol–water partition coefficient (Wildman–Crippen LogP) is 0.975. The van der Waals surface area contributed by atoms with Gasteiger partial charge in [0.1, 0.15) is 0 Å². The molecule has 1 aromatic heterocycles. The molecule has 15 heavy (non-hydrogen) atoms. The maximum Gasteiger partial charge on any atom is 0.219 e. The number of aryl methyl sites for hydroxylation is 1. The molecule has 1 amide bonds. The third-order valence-corrected chi connectivity index (χ3v) is 2.39. The van der Waals surface area contributed by atoms with E-state index in [0.29, 0.717) is 19.4 Å². The van der Waals surface area contributed by atoms with Crippen molar-refractivity contribution in [1.29, 1.82) is 0 Å². The van der Waals surface area contributed by atoms with Gasteiger partial charge in [0.25, 0.3) is 0 Å². The normalized spacial score (nSPS) is 12.5. The highest BCUT2D eigenvalue weighted by atomic mass is 16.3. The van der Waals surface area contributed by atoms with E-state index in [9.17, 15) is 9.90 Å². The van der Waals surface area contributed by atoms with Gasteiger partial charge in [-0.15, -0.1) is 0 Å². The van der Waals surface area contributed by atoms with Crippen molar-refractivity contribution in [2.75, 3.05) is 6.54 Å². The summed E-state index contributed by atoms with van der Waals surface area (Å²) >= 11 is 0. The minimum absolute atomic E-state index is 0.0223. The molecule has 0 aromatic carbocycles. The predicted molar refractivity (Wildman–Crippen MR) is 58.3 cm³/mol. The summed E-state index contributed by atoms with van der Waals surface area (Å²) in [5.41, 5.74) is 0.876. The van der Waals surface area contributed by atoms with Gasteiger partial charge in [0.15, 0.2) is 0 Å². The van der Waals surface area contributed by atoms with Gasteiger partial charge < -0.3 is 15.0 Å². The third kappa shape index (κ3) is 3.40. The first-order valence-corrected chi connectivity index (χ1v) is 5.21. The molecule has 1 aromatic rings. The molecule has 0 fully saturated rings. The maximum absolute atomic E-state index is 10.9. The molecule has 84 valence electrons. The standard InChI is InChI=1S/C11H18N2O2/c1-3-11(15)12-7-6-10(14)9-5-4-8-13(9)2/h4-5,8,10,14H,3,6-7H2,1-2H3,(H,12,15). The molecule has 2 N–H and O–H groups in total. The van der Waals surface area contributed by atoms with Crippen molar-refractivity contribution in [3.63, 3.8) is 0 Å². The Bertz CT molecular complexity index is 320. The lowest BCUT2D eigenvalue weighted by Crippen LogP contribution is -2.24. The number of hydrogen-bond acceptors (Lipinski definition) is 2. The summed E-state index contributed by atoms with van der Waals surface area (Å²) in [6.07, 6.45) is 2.41. The van der Waals surface area contributed by atoms with Crippen LogP contribution in [0.15, 0.2) is 18.3 Å². The minimum Gasteiger partial charge on any atom is -0.387 e. The van der Waals surface area contributed by atoms with Crippen LogP contribution in [0.5, 0.6) is 0 Å². The smallest absolute Gasteiger partial charge is 0.219 e. The fraction of sp³-hybridized carbons (Fsp3) is 0.545. The highest BCUT2D eigenvalue weighted by Crippen LogP contribution is 2.15. The Kier molecular flexibility index (Phi) is 4.37. The molecule has 4 nitrogen and oxygen atoms in total. The van der Waals surface area contributed by atoms with Gasteiger partial charge in [-0.05, 0) is 18.6 Å². The summed E-state index contributed by atoms with van der Waals surface area (Å²) in [5, 5.41) is 12.5. The molecule has 1 heterocycles. The molecule has 0 radical (unpaired) electrons. The first-order chi connectivity index (χ1) is 7.15. The average molecular weight is 210 g/mol. The lowest BCUT2D eigenvalue weighted by Gasteiger charge is -2.12. The Labute approximate surface area is 89.9 Å². The Hall–Kier alpha value is -1.29. The van der Waals surface area contributed by atoms with E-state index in [1.165, 1.54) is 0 Å². The van der Waals surface area contributed by atoms with Crippen molar-refractivity contribution in [3.05, 3.63) is 24.0 Å². The van der Waals surface area contributed by atoms with Crippen molar-refractivity contribution >= 4 is 5.91 Å². The zero-order chi connectivity index (χ0) is 11.3. The molecule has 1 rings (SSSR count). The van der Waals surface area contributed by atoms with E-state index in [-0.39, 0.29) is 5.91 Å². The molecule has 0 spiro atoms. The van der Waals surface area contributed by atoms with Gasteiger partial charge in [-0.25, -0.2) is 0 Å². The van der Waals surface area contributed by atoms with Gasteiger partial charge in [0.2, 0.25) is 5.91 Å². The van der Waals surface area contributed by atoms with Crippen LogP contribution in [0.3, 0.4) is 0 Å². The second-order valence-corrected chi connectivity index (χ2v) is 3.55. The van der Waals surface area contributed by atoms with Gasteiger partial charge in [-0.3, -0.25) is 4.79 Å². The number of aliphatic hydroxyl groups is 1. The van der Waals surface area contributed by atoms with Crippen LogP contribution in [-0.4, -0.2) is 22.1 Å². The van der Waals surface area contributed by atoms with E-state index >= 15 is 0 Å². The van der Waals surface area contributed by atoms with Crippen molar-refractivity contribution in [2.45, 2.75) is 25.9 Å². The van der Waals surface area contributed by atoms with E-state index in [0.717, 1.165) is 5.69 Å². The second-order valence-electron chi connectivity index (χ2n) is 3.55. The molecule has 0 saturated carbocycles. The van der Waals surface area contributed by atoms with Crippen LogP contribution in [0.2, 0.25) is 0 Å². The fourth-order valence-corrected chi connectivity index (χ4v) is 1.44. The highest BCUT2D eigenvalue weighted by Gasteiger charge is 2.10. The molecule has 0 saturated heterocycles. The Morgan fingerprint density at radius 3 is 2.93 bits per heavy atom. The molecular formula is C11H18N2O2. The molecule has 4 heteroatoms. The van der Waals surface area contributed by atoms with Crippen LogP contribution in [-0.2, 0) is 11.8 Å². The largest absolute Gasteiger partial charge is 0.387 e. The molecule has 0 bridgehead atoms. The van der Waals surface area contributed by atoms with Crippen LogP contribution >= 0.6 is 0 Å². The second kappa shape index (κ2) is 5.56. The van der Waals surface area contributed by atoms with Crippen LogP contribution in [0.25, 0.3) is 0 Å². The zero-order valence-electron chi connectivity index (χ0n) is 9.23. The summed E-state index contributed by atoms with van der Waals surface area (Å²) in [6, 6.07) is 3.77. The number of aromatic nitrogens is 1. The molecular weight excluding hydrogens is 192 g/mol. The van der Waals surface area contributed by atoms with Gasteiger partial charge >= 0.3 is 0 Å². The van der Waals surface area contributed by atoms with Crippen LogP contribution in [0.4, 0.5) is 0 Å². The van der Waals surface area contributed by atoms with E-state index in [1.54, 1.807) is 0 Å². The van der Waals surface area contributed by atoms with Crippen molar-refractivity contribution in [3.8, 4) is 0 Å². The summed E-state index contributed by atoms with van der Waals surface area (Å²) in [4.78, 5) is 10.9. The van der Waals surface area contributed by atoms with Crippen LogP contribution in [0.1, 0.15) is 31.6 Å². The number of nitrogens with one attached hydrogen (secondary N) is 1. The summed E-state index contributed by atoms with van der Waals surface area (Å²) in [5.74, 6) is 0.0223. The van der Waals surface area contributed by atoms with Gasteiger partial charge in [-0.1, -0.05) is 6.92 Å².